The van der Waals surface area contributed by atoms with Crippen LogP contribution in [0.15, 0.2) is 18.2 Å². The first kappa shape index (κ1) is 10.8. The first-order valence-electron chi connectivity index (χ1n) is 4.89. The lowest BCUT2D eigenvalue weighted by atomic mass is 9.95. The van der Waals surface area contributed by atoms with Gasteiger partial charge in [-0.1, -0.05) is 0 Å². The summed E-state index contributed by atoms with van der Waals surface area (Å²) in [5, 5.41) is 20.3. The molecule has 6 heteroatoms. The van der Waals surface area contributed by atoms with E-state index in [1.54, 1.807) is 6.92 Å². The molecule has 1 aliphatic rings. The molecule has 1 aliphatic heterocycles. The fourth-order valence-corrected chi connectivity index (χ4v) is 1.76. The van der Waals surface area contributed by atoms with Crippen LogP contribution >= 0.6 is 0 Å². The Morgan fingerprint density at radius 2 is 2.25 bits per heavy atom. The molecular formula is C10H12N2O4. The van der Waals surface area contributed by atoms with E-state index in [1.165, 1.54) is 18.2 Å². The first-order chi connectivity index (χ1) is 7.50. The van der Waals surface area contributed by atoms with E-state index in [1.807, 2.05) is 0 Å². The highest BCUT2D eigenvalue weighted by atomic mass is 16.6. The molecule has 2 rings (SSSR count). The van der Waals surface area contributed by atoms with Crippen LogP contribution < -0.4 is 10.5 Å². The second-order valence-corrected chi connectivity index (χ2v) is 3.82. The minimum absolute atomic E-state index is 0.0560. The van der Waals surface area contributed by atoms with Crippen molar-refractivity contribution in [1.29, 1.82) is 0 Å². The van der Waals surface area contributed by atoms with Crippen molar-refractivity contribution in [2.75, 3.05) is 0 Å². The van der Waals surface area contributed by atoms with Crippen molar-refractivity contribution in [3.63, 3.8) is 0 Å². The van der Waals surface area contributed by atoms with E-state index < -0.39 is 23.2 Å². The zero-order valence-corrected chi connectivity index (χ0v) is 8.66. The number of nitro groups is 1. The fraction of sp³-hybridized carbons (Fsp3) is 0.400. The highest BCUT2D eigenvalue weighted by molar-refractivity contribution is 5.47. The maximum Gasteiger partial charge on any atom is 0.270 e. The van der Waals surface area contributed by atoms with Gasteiger partial charge in [0.05, 0.1) is 11.0 Å². The second kappa shape index (κ2) is 3.73. The minimum Gasteiger partial charge on any atom is -0.488 e. The van der Waals surface area contributed by atoms with E-state index in [0.29, 0.717) is 11.3 Å². The Morgan fingerprint density at radius 3 is 2.88 bits per heavy atom. The minimum atomic E-state index is -0.852. The topological polar surface area (TPSA) is 98.6 Å². The smallest absolute Gasteiger partial charge is 0.270 e. The van der Waals surface area contributed by atoms with Crippen LogP contribution in [-0.2, 0) is 0 Å². The van der Waals surface area contributed by atoms with Crippen LogP contribution in [0, 0.1) is 10.1 Å². The Bertz CT molecular complexity index is 435. The van der Waals surface area contributed by atoms with Gasteiger partial charge in [-0.15, -0.1) is 0 Å². The Labute approximate surface area is 91.8 Å². The van der Waals surface area contributed by atoms with Crippen LogP contribution in [-0.4, -0.2) is 22.2 Å². The summed E-state index contributed by atoms with van der Waals surface area (Å²) in [6.07, 6.45) is -1.27. The van der Waals surface area contributed by atoms with Crippen molar-refractivity contribution in [3.05, 3.63) is 33.9 Å². The third kappa shape index (κ3) is 1.62. The van der Waals surface area contributed by atoms with Gasteiger partial charge in [0.25, 0.3) is 5.69 Å². The Hall–Kier alpha value is -1.66. The summed E-state index contributed by atoms with van der Waals surface area (Å²) in [5.41, 5.74) is 6.21. The molecule has 0 aromatic heterocycles. The number of hydrogen-bond donors (Lipinski definition) is 2. The van der Waals surface area contributed by atoms with Crippen molar-refractivity contribution in [2.45, 2.75) is 25.2 Å². The predicted octanol–water partition coefficient (Wildman–Crippen LogP) is 0.736. The van der Waals surface area contributed by atoms with Crippen molar-refractivity contribution in [1.82, 2.24) is 0 Å². The monoisotopic (exact) mass is 224 g/mol. The molecule has 1 aromatic rings. The average Bonchev–Trinajstić information content (AvgIpc) is 2.25. The van der Waals surface area contributed by atoms with Crippen LogP contribution in [0.1, 0.15) is 18.5 Å². The molecule has 0 bridgehead atoms. The van der Waals surface area contributed by atoms with E-state index in [2.05, 4.69) is 0 Å². The average molecular weight is 224 g/mol. The summed E-state index contributed by atoms with van der Waals surface area (Å²) in [4.78, 5) is 10.1. The van der Waals surface area contributed by atoms with Gasteiger partial charge < -0.3 is 15.6 Å². The number of nitrogens with two attached hydrogens (primary N) is 1. The maximum absolute atomic E-state index is 10.6. The summed E-state index contributed by atoms with van der Waals surface area (Å²) in [7, 11) is 0. The zero-order valence-electron chi connectivity index (χ0n) is 8.66. The number of aliphatic hydroxyl groups is 1. The summed E-state index contributed by atoms with van der Waals surface area (Å²) in [6, 6.07) is 3.56. The number of ether oxygens (including phenoxy) is 1. The number of nitro benzene ring substituents is 1. The number of non-ortho nitro benzene ring substituents is 1. The van der Waals surface area contributed by atoms with Crippen LogP contribution in [0.5, 0.6) is 5.75 Å². The molecule has 3 atom stereocenters. The molecule has 0 amide bonds. The van der Waals surface area contributed by atoms with Crippen molar-refractivity contribution in [3.8, 4) is 5.75 Å². The lowest BCUT2D eigenvalue weighted by Crippen LogP contribution is -2.42. The van der Waals surface area contributed by atoms with E-state index in [-0.39, 0.29) is 5.69 Å². The van der Waals surface area contributed by atoms with E-state index in [4.69, 9.17) is 10.5 Å². The van der Waals surface area contributed by atoms with Gasteiger partial charge in [0.2, 0.25) is 0 Å². The van der Waals surface area contributed by atoms with Gasteiger partial charge in [-0.25, -0.2) is 0 Å². The van der Waals surface area contributed by atoms with Crippen molar-refractivity contribution >= 4 is 5.69 Å². The first-order valence-corrected chi connectivity index (χ1v) is 4.89. The van der Waals surface area contributed by atoms with Crippen LogP contribution in [0.25, 0.3) is 0 Å². The van der Waals surface area contributed by atoms with E-state index in [0.717, 1.165) is 0 Å². The number of rotatable bonds is 1. The molecule has 1 heterocycles. The highest BCUT2D eigenvalue weighted by Crippen LogP contribution is 2.35. The Kier molecular flexibility index (Phi) is 2.53. The molecular weight excluding hydrogens is 212 g/mol. The number of hydrogen-bond acceptors (Lipinski definition) is 5. The lowest BCUT2D eigenvalue weighted by molar-refractivity contribution is -0.385. The molecule has 0 saturated heterocycles. The van der Waals surface area contributed by atoms with Gasteiger partial charge in [0, 0.05) is 17.7 Å². The summed E-state index contributed by atoms with van der Waals surface area (Å²) in [5.74, 6) is 0.496. The molecule has 0 radical (unpaired) electrons. The molecule has 0 aliphatic carbocycles. The van der Waals surface area contributed by atoms with Gasteiger partial charge in [0.15, 0.2) is 0 Å². The SMILES string of the molecule is CC1Oc2ccc([N+](=O)[O-])cc2C(N)C1O. The Balaban J connectivity index is 2.46. The van der Waals surface area contributed by atoms with E-state index in [9.17, 15) is 15.2 Å². The Morgan fingerprint density at radius 1 is 1.56 bits per heavy atom. The molecule has 6 nitrogen and oxygen atoms in total. The quantitative estimate of drug-likeness (QED) is 0.541. The van der Waals surface area contributed by atoms with Crippen molar-refractivity contribution in [2.24, 2.45) is 5.73 Å². The molecule has 0 saturated carbocycles. The number of benzene rings is 1. The molecule has 1 aromatic carbocycles. The highest BCUT2D eigenvalue weighted by Gasteiger charge is 2.33. The number of nitrogens with zero attached hydrogens (tertiary/aromatic N) is 1. The van der Waals surface area contributed by atoms with Gasteiger partial charge in [-0.3, -0.25) is 10.1 Å². The zero-order chi connectivity index (χ0) is 11.9. The molecule has 3 N–H and O–H groups in total. The molecule has 86 valence electrons. The second-order valence-electron chi connectivity index (χ2n) is 3.82. The van der Waals surface area contributed by atoms with Gasteiger partial charge >= 0.3 is 0 Å². The largest absolute Gasteiger partial charge is 0.488 e. The molecule has 0 fully saturated rings. The molecule has 3 unspecified atom stereocenters. The summed E-state index contributed by atoms with van der Waals surface area (Å²) >= 11 is 0. The van der Waals surface area contributed by atoms with Crippen molar-refractivity contribution < 1.29 is 14.8 Å². The van der Waals surface area contributed by atoms with Gasteiger partial charge in [0.1, 0.15) is 18.0 Å². The lowest BCUT2D eigenvalue weighted by Gasteiger charge is -2.32. The number of fused-ring (bicyclic) bond motifs is 1. The predicted molar refractivity (Wildman–Crippen MR) is 56.1 cm³/mol. The molecule has 16 heavy (non-hydrogen) atoms. The summed E-state index contributed by atoms with van der Waals surface area (Å²) in [6.45, 7) is 1.70. The van der Waals surface area contributed by atoms with Gasteiger partial charge in [-0.2, -0.15) is 0 Å². The standard InChI is InChI=1S/C10H12N2O4/c1-5-10(13)9(11)7-4-6(12(14)15)2-3-8(7)16-5/h2-5,9-10,13H,11H2,1H3. The van der Waals surface area contributed by atoms with Gasteiger partial charge in [-0.05, 0) is 13.0 Å². The van der Waals surface area contributed by atoms with E-state index >= 15 is 0 Å². The molecule has 0 spiro atoms. The normalized spacial score (nSPS) is 28.1. The van der Waals surface area contributed by atoms with Crippen LogP contribution in [0.4, 0.5) is 5.69 Å². The summed E-state index contributed by atoms with van der Waals surface area (Å²) < 4.78 is 5.40. The van der Waals surface area contributed by atoms with Crippen LogP contribution in [0.2, 0.25) is 0 Å². The van der Waals surface area contributed by atoms with Crippen LogP contribution in [0.3, 0.4) is 0 Å². The third-order valence-electron chi connectivity index (χ3n) is 2.73. The third-order valence-corrected chi connectivity index (χ3v) is 2.73. The fourth-order valence-electron chi connectivity index (χ4n) is 1.76. The maximum atomic E-state index is 10.6. The number of aliphatic hydroxyl groups excluding tert-OH is 1.